The van der Waals surface area contributed by atoms with Crippen LogP contribution in [0.4, 0.5) is 20.6 Å². The number of hydrogen-bond acceptors (Lipinski definition) is 7. The smallest absolute Gasteiger partial charge is 0.333 e. The van der Waals surface area contributed by atoms with Gasteiger partial charge in [0.1, 0.15) is 10.0 Å². The second-order valence-electron chi connectivity index (χ2n) is 8.44. The van der Waals surface area contributed by atoms with Crippen molar-refractivity contribution in [1.29, 1.82) is 0 Å². The van der Waals surface area contributed by atoms with Crippen molar-refractivity contribution in [3.8, 4) is 5.69 Å². The second-order valence-corrected chi connectivity index (χ2v) is 12.1. The lowest BCUT2D eigenvalue weighted by Crippen LogP contribution is -2.35. The van der Waals surface area contributed by atoms with E-state index in [2.05, 4.69) is 15.6 Å². The van der Waals surface area contributed by atoms with E-state index >= 15 is 0 Å². The van der Waals surface area contributed by atoms with Crippen molar-refractivity contribution in [2.75, 3.05) is 17.2 Å². The number of rotatable bonds is 7. The number of thiophene rings is 1. The maximum absolute atomic E-state index is 15.0. The van der Waals surface area contributed by atoms with Crippen LogP contribution in [-0.2, 0) is 10.0 Å². The number of carbonyl (C=O) groups is 1. The van der Waals surface area contributed by atoms with Gasteiger partial charge in [0.05, 0.1) is 20.9 Å². The number of H-pyrrole nitrogens is 1. The van der Waals surface area contributed by atoms with Gasteiger partial charge in [0.15, 0.2) is 0 Å². The Kier molecular flexibility index (Phi) is 6.52. The van der Waals surface area contributed by atoms with Crippen LogP contribution in [-0.4, -0.2) is 30.5 Å². The van der Waals surface area contributed by atoms with Gasteiger partial charge in [-0.3, -0.25) is 4.79 Å². The van der Waals surface area contributed by atoms with Crippen LogP contribution in [0, 0.1) is 11.7 Å². The van der Waals surface area contributed by atoms with Gasteiger partial charge in [-0.25, -0.2) is 31.7 Å². The first-order chi connectivity index (χ1) is 17.6. The van der Waals surface area contributed by atoms with Gasteiger partial charge in [-0.15, -0.1) is 11.3 Å². The first-order valence-electron chi connectivity index (χ1n) is 11.0. The number of halogens is 2. The molecule has 4 aromatic rings. The normalized spacial score (nSPS) is 13.5. The van der Waals surface area contributed by atoms with Crippen molar-refractivity contribution in [3.05, 3.63) is 79.5 Å². The summed E-state index contributed by atoms with van der Waals surface area (Å²) < 4.78 is 42.0. The zero-order valence-electron chi connectivity index (χ0n) is 18.9. The zero-order chi connectivity index (χ0) is 26.3. The summed E-state index contributed by atoms with van der Waals surface area (Å²) in [5, 5.41) is 5.66. The van der Waals surface area contributed by atoms with E-state index in [-0.39, 0.29) is 25.3 Å². The van der Waals surface area contributed by atoms with E-state index in [0.29, 0.717) is 16.0 Å². The summed E-state index contributed by atoms with van der Waals surface area (Å²) >= 11 is 6.50. The SMILES string of the molecule is O=C(Nc1ccc(-n2c(=O)[nH]c3cc(NCC4CC4)ccc3c2=O)c(F)c1)NS(=O)(=O)c1ccc(Cl)s1. The Hall–Kier alpha value is -3.68. The van der Waals surface area contributed by atoms with E-state index in [4.69, 9.17) is 11.6 Å². The van der Waals surface area contributed by atoms with Gasteiger partial charge in [-0.2, -0.15) is 0 Å². The van der Waals surface area contributed by atoms with E-state index in [1.807, 2.05) is 0 Å². The molecule has 2 aromatic heterocycles. The summed E-state index contributed by atoms with van der Waals surface area (Å²) in [5.74, 6) is -0.348. The molecule has 14 heteroatoms. The third kappa shape index (κ3) is 5.38. The van der Waals surface area contributed by atoms with Gasteiger partial charge in [-0.05, 0) is 67.3 Å². The number of hydrogen-bond donors (Lipinski definition) is 4. The summed E-state index contributed by atoms with van der Waals surface area (Å²) in [4.78, 5) is 40.5. The van der Waals surface area contributed by atoms with Crippen LogP contribution >= 0.6 is 22.9 Å². The molecule has 1 aliphatic carbocycles. The summed E-state index contributed by atoms with van der Waals surface area (Å²) in [7, 11) is -4.18. The maximum Gasteiger partial charge on any atom is 0.333 e. The molecule has 37 heavy (non-hydrogen) atoms. The molecule has 0 aliphatic heterocycles. The molecular formula is C23H19ClFN5O5S2. The molecule has 0 spiro atoms. The highest BCUT2D eigenvalue weighted by Gasteiger charge is 2.22. The molecule has 5 rings (SSSR count). The Labute approximate surface area is 218 Å². The zero-order valence-corrected chi connectivity index (χ0v) is 21.3. The van der Waals surface area contributed by atoms with Crippen molar-refractivity contribution in [2.45, 2.75) is 17.1 Å². The quantitative estimate of drug-likeness (QED) is 0.269. The number of nitrogens with one attached hydrogen (secondary N) is 4. The molecule has 10 nitrogen and oxygen atoms in total. The summed E-state index contributed by atoms with van der Waals surface area (Å²) in [5.41, 5.74) is -0.918. The monoisotopic (exact) mass is 563 g/mol. The average molecular weight is 564 g/mol. The molecule has 2 heterocycles. The third-order valence-electron chi connectivity index (χ3n) is 5.68. The highest BCUT2D eigenvalue weighted by atomic mass is 35.5. The maximum atomic E-state index is 15.0. The molecule has 4 N–H and O–H groups in total. The van der Waals surface area contributed by atoms with Crippen LogP contribution in [0.25, 0.3) is 16.6 Å². The van der Waals surface area contributed by atoms with Gasteiger partial charge in [0.25, 0.3) is 15.6 Å². The lowest BCUT2D eigenvalue weighted by Gasteiger charge is -2.11. The fourth-order valence-electron chi connectivity index (χ4n) is 3.67. The lowest BCUT2D eigenvalue weighted by atomic mass is 10.2. The Balaban J connectivity index is 1.37. The molecule has 0 bridgehead atoms. The Morgan fingerprint density at radius 3 is 2.54 bits per heavy atom. The highest BCUT2D eigenvalue weighted by molar-refractivity contribution is 7.92. The predicted molar refractivity (Wildman–Crippen MR) is 140 cm³/mol. The van der Waals surface area contributed by atoms with Crippen LogP contribution in [0.2, 0.25) is 4.34 Å². The van der Waals surface area contributed by atoms with E-state index in [1.54, 1.807) is 22.9 Å². The van der Waals surface area contributed by atoms with E-state index in [0.717, 1.165) is 35.7 Å². The minimum Gasteiger partial charge on any atom is -0.385 e. The molecular weight excluding hydrogens is 545 g/mol. The Morgan fingerprint density at radius 2 is 1.86 bits per heavy atom. The number of sulfonamides is 1. The number of amides is 2. The molecule has 2 aromatic carbocycles. The van der Waals surface area contributed by atoms with Crippen molar-refractivity contribution in [3.63, 3.8) is 0 Å². The number of carbonyl (C=O) groups excluding carboxylic acids is 1. The fraction of sp³-hybridized carbons (Fsp3) is 0.174. The summed E-state index contributed by atoms with van der Waals surface area (Å²) in [6.07, 6.45) is 2.35. The number of anilines is 2. The van der Waals surface area contributed by atoms with Gasteiger partial charge in [0.2, 0.25) is 0 Å². The predicted octanol–water partition coefficient (Wildman–Crippen LogP) is 3.87. The number of nitrogens with zero attached hydrogens (tertiary/aromatic N) is 1. The number of aromatic amines is 1. The largest absolute Gasteiger partial charge is 0.385 e. The number of aromatic nitrogens is 2. The second kappa shape index (κ2) is 9.65. The summed E-state index contributed by atoms with van der Waals surface area (Å²) in [6.45, 7) is 0.810. The number of benzene rings is 2. The third-order valence-corrected chi connectivity index (χ3v) is 8.73. The molecule has 2 amide bonds. The van der Waals surface area contributed by atoms with Gasteiger partial charge in [0, 0.05) is 17.9 Å². The lowest BCUT2D eigenvalue weighted by molar-refractivity contribution is 0.256. The van der Waals surface area contributed by atoms with Crippen LogP contribution in [0.5, 0.6) is 0 Å². The fourth-order valence-corrected chi connectivity index (χ4v) is 6.06. The molecule has 1 aliphatic rings. The van der Waals surface area contributed by atoms with Crippen molar-refractivity contribution in [2.24, 2.45) is 5.92 Å². The molecule has 192 valence electrons. The van der Waals surface area contributed by atoms with Gasteiger partial charge in [-0.1, -0.05) is 11.6 Å². The topological polar surface area (TPSA) is 142 Å². The molecule has 0 atom stereocenters. The van der Waals surface area contributed by atoms with E-state index in [9.17, 15) is 27.2 Å². The molecule has 1 fully saturated rings. The Bertz CT molecular complexity index is 1760. The molecule has 0 unspecified atom stereocenters. The van der Waals surface area contributed by atoms with E-state index in [1.165, 1.54) is 31.0 Å². The van der Waals surface area contributed by atoms with Crippen LogP contribution < -0.4 is 26.6 Å². The van der Waals surface area contributed by atoms with Gasteiger partial charge < -0.3 is 15.6 Å². The minimum absolute atomic E-state index is 0.102. The highest BCUT2D eigenvalue weighted by Crippen LogP contribution is 2.29. The van der Waals surface area contributed by atoms with Crippen LogP contribution in [0.1, 0.15) is 12.8 Å². The van der Waals surface area contributed by atoms with E-state index < -0.39 is 33.1 Å². The number of fused-ring (bicyclic) bond motifs is 1. The van der Waals surface area contributed by atoms with Crippen LogP contribution in [0.3, 0.4) is 0 Å². The number of urea groups is 1. The Morgan fingerprint density at radius 1 is 1.11 bits per heavy atom. The first kappa shape index (κ1) is 25.0. The molecule has 0 radical (unpaired) electrons. The van der Waals surface area contributed by atoms with Crippen molar-refractivity contribution < 1.29 is 17.6 Å². The van der Waals surface area contributed by atoms with Gasteiger partial charge >= 0.3 is 11.7 Å². The van der Waals surface area contributed by atoms with Crippen molar-refractivity contribution >= 4 is 61.3 Å². The van der Waals surface area contributed by atoms with Crippen LogP contribution in [0.15, 0.2) is 62.3 Å². The first-order valence-corrected chi connectivity index (χ1v) is 13.7. The standard InChI is InChI=1S/C23H19ClFN5O5S2/c24-19-7-8-20(36-19)37(34,35)29-22(32)27-14-4-6-18(16(25)9-14)30-21(31)15-5-3-13(26-11-12-1-2-12)10-17(15)28-23(30)33/h3-10,12,26H,1-2,11H2,(H,28,33)(H2,27,29,32). The average Bonchev–Trinajstić information content (AvgIpc) is 3.55. The molecule has 0 saturated heterocycles. The van der Waals surface area contributed by atoms with Crippen molar-refractivity contribution in [1.82, 2.24) is 14.3 Å². The minimum atomic E-state index is -4.18. The molecule has 1 saturated carbocycles. The summed E-state index contributed by atoms with van der Waals surface area (Å²) in [6, 6.07) is 9.63.